The minimum Gasteiger partial charge on any atom is -0.488 e. The zero-order chi connectivity index (χ0) is 29.7. The number of halogens is 1. The number of carbonyl (C=O) groups excluding carboxylic acids is 2. The van der Waals surface area contributed by atoms with Crippen molar-refractivity contribution in [2.45, 2.75) is 30.9 Å². The molecule has 0 aliphatic carbocycles. The number of carbonyl (C=O) groups is 2. The fourth-order valence-electron chi connectivity index (χ4n) is 4.47. The molecule has 3 N–H and O–H groups in total. The van der Waals surface area contributed by atoms with Crippen molar-refractivity contribution in [1.29, 1.82) is 0 Å². The van der Waals surface area contributed by atoms with E-state index in [0.717, 1.165) is 0 Å². The van der Waals surface area contributed by atoms with Gasteiger partial charge in [-0.05, 0) is 61.5 Å². The van der Waals surface area contributed by atoms with E-state index in [0.29, 0.717) is 16.4 Å². The second-order valence-corrected chi connectivity index (χ2v) is 12.5. The Morgan fingerprint density at radius 2 is 1.76 bits per heavy atom. The maximum Gasteiger partial charge on any atom is 0.323 e. The van der Waals surface area contributed by atoms with Crippen molar-refractivity contribution >= 4 is 44.9 Å². The number of para-hydroxylation sites is 1. The molecule has 0 saturated heterocycles. The summed E-state index contributed by atoms with van der Waals surface area (Å²) in [6.45, 7) is 3.55. The van der Waals surface area contributed by atoms with Crippen molar-refractivity contribution in [2.24, 2.45) is 5.92 Å². The van der Waals surface area contributed by atoms with Crippen molar-refractivity contribution in [3.05, 3.63) is 83.4 Å². The number of amides is 3. The van der Waals surface area contributed by atoms with E-state index < -0.39 is 28.2 Å². The van der Waals surface area contributed by atoms with Crippen LogP contribution in [-0.4, -0.2) is 73.6 Å². The van der Waals surface area contributed by atoms with E-state index in [1.165, 1.54) is 41.7 Å². The summed E-state index contributed by atoms with van der Waals surface area (Å²) in [5, 5.41) is 15.8. The lowest BCUT2D eigenvalue weighted by Crippen LogP contribution is -2.50. The van der Waals surface area contributed by atoms with Crippen LogP contribution in [-0.2, 0) is 10.0 Å². The zero-order valence-corrected chi connectivity index (χ0v) is 24.5. The van der Waals surface area contributed by atoms with Gasteiger partial charge in [0, 0.05) is 35.9 Å². The Labute approximate surface area is 244 Å². The molecule has 0 bridgehead atoms. The Hall–Kier alpha value is -3.64. The highest BCUT2D eigenvalue weighted by Gasteiger charge is 2.35. The Morgan fingerprint density at radius 3 is 2.41 bits per heavy atom. The summed E-state index contributed by atoms with van der Waals surface area (Å²) in [6, 6.07) is 18.5. The summed E-state index contributed by atoms with van der Waals surface area (Å²) in [5.74, 6) is -0.424. The van der Waals surface area contributed by atoms with Crippen LogP contribution in [0.1, 0.15) is 24.2 Å². The fourth-order valence-corrected chi connectivity index (χ4v) is 5.78. The monoisotopic (exact) mass is 600 g/mol. The van der Waals surface area contributed by atoms with Crippen molar-refractivity contribution < 1.29 is 27.9 Å². The Kier molecular flexibility index (Phi) is 9.54. The van der Waals surface area contributed by atoms with Gasteiger partial charge in [0.2, 0.25) is 10.0 Å². The standard InChI is InChI=1S/C29H33ClN4O6S/c1-19-16-34(20(2)18-35)28(36)25-15-23(32-29(37)31-22-7-5-4-6-8-22)11-14-26(25)40-27(19)17-33(3)41(38,39)24-12-9-21(30)10-13-24/h4-15,19-20,27,35H,16-18H2,1-3H3,(H2,31,32,37)/t19-,20-,27-/m0/s1. The average Bonchev–Trinajstić information content (AvgIpc) is 2.95. The molecule has 218 valence electrons. The number of benzene rings is 3. The quantitative estimate of drug-likeness (QED) is 0.349. The number of aliphatic hydroxyl groups is 1. The van der Waals surface area contributed by atoms with Crippen LogP contribution in [0.4, 0.5) is 16.2 Å². The molecule has 3 aromatic carbocycles. The maximum atomic E-state index is 13.7. The first-order valence-corrected chi connectivity index (χ1v) is 14.9. The van der Waals surface area contributed by atoms with Crippen LogP contribution in [0.3, 0.4) is 0 Å². The smallest absolute Gasteiger partial charge is 0.323 e. The van der Waals surface area contributed by atoms with Gasteiger partial charge < -0.3 is 25.4 Å². The number of anilines is 2. The zero-order valence-electron chi connectivity index (χ0n) is 23.0. The van der Waals surface area contributed by atoms with Gasteiger partial charge in [-0.15, -0.1) is 0 Å². The second kappa shape index (κ2) is 12.9. The first-order valence-electron chi connectivity index (χ1n) is 13.1. The third-order valence-electron chi connectivity index (χ3n) is 6.91. The summed E-state index contributed by atoms with van der Waals surface area (Å²) >= 11 is 5.93. The number of hydrogen-bond acceptors (Lipinski definition) is 6. The molecule has 3 atom stereocenters. The SMILES string of the molecule is C[C@H]1CN([C@@H](C)CO)C(=O)c2cc(NC(=O)Nc3ccccc3)ccc2O[C@H]1CN(C)S(=O)(=O)c1ccc(Cl)cc1. The third kappa shape index (κ3) is 7.17. The molecule has 0 aromatic heterocycles. The van der Waals surface area contributed by atoms with E-state index >= 15 is 0 Å². The Morgan fingerprint density at radius 1 is 1.10 bits per heavy atom. The van der Waals surface area contributed by atoms with E-state index in [1.54, 1.807) is 48.2 Å². The molecule has 0 fully saturated rings. The van der Waals surface area contributed by atoms with Gasteiger partial charge in [0.15, 0.2) is 0 Å². The van der Waals surface area contributed by atoms with E-state index in [9.17, 15) is 23.1 Å². The van der Waals surface area contributed by atoms with Gasteiger partial charge in [0.05, 0.1) is 29.7 Å². The molecule has 4 rings (SSSR count). The van der Waals surface area contributed by atoms with Crippen LogP contribution >= 0.6 is 11.6 Å². The Bertz CT molecular complexity index is 1490. The largest absolute Gasteiger partial charge is 0.488 e. The third-order valence-corrected chi connectivity index (χ3v) is 9.00. The van der Waals surface area contributed by atoms with Crippen LogP contribution in [0.25, 0.3) is 0 Å². The molecule has 0 spiro atoms. The van der Waals surface area contributed by atoms with E-state index in [1.807, 2.05) is 13.0 Å². The molecule has 41 heavy (non-hydrogen) atoms. The Balaban J connectivity index is 1.61. The molecule has 0 radical (unpaired) electrons. The van der Waals surface area contributed by atoms with Crippen molar-refractivity contribution in [3.63, 3.8) is 0 Å². The minimum atomic E-state index is -3.85. The summed E-state index contributed by atoms with van der Waals surface area (Å²) in [6.07, 6.45) is -0.637. The number of hydrogen-bond donors (Lipinski definition) is 3. The lowest BCUT2D eigenvalue weighted by molar-refractivity contribution is 0.0387. The highest BCUT2D eigenvalue weighted by molar-refractivity contribution is 7.89. The highest BCUT2D eigenvalue weighted by Crippen LogP contribution is 2.31. The molecule has 12 heteroatoms. The van der Waals surface area contributed by atoms with Gasteiger partial charge in [-0.25, -0.2) is 13.2 Å². The molecule has 1 heterocycles. The molecular formula is C29H33ClN4O6S. The van der Waals surface area contributed by atoms with Crippen LogP contribution in [0.15, 0.2) is 77.7 Å². The predicted octanol–water partition coefficient (Wildman–Crippen LogP) is 4.52. The molecule has 0 saturated carbocycles. The number of nitrogens with one attached hydrogen (secondary N) is 2. The van der Waals surface area contributed by atoms with Gasteiger partial charge in [0.1, 0.15) is 11.9 Å². The summed E-state index contributed by atoms with van der Waals surface area (Å²) in [4.78, 5) is 27.9. The molecular weight excluding hydrogens is 568 g/mol. The highest BCUT2D eigenvalue weighted by atomic mass is 35.5. The molecule has 10 nitrogen and oxygen atoms in total. The lowest BCUT2D eigenvalue weighted by Gasteiger charge is -2.38. The molecule has 3 aromatic rings. The van der Waals surface area contributed by atoms with Crippen LogP contribution in [0, 0.1) is 5.92 Å². The van der Waals surface area contributed by atoms with E-state index in [2.05, 4.69) is 10.6 Å². The van der Waals surface area contributed by atoms with Crippen molar-refractivity contribution in [2.75, 3.05) is 37.4 Å². The van der Waals surface area contributed by atoms with Crippen molar-refractivity contribution in [3.8, 4) is 5.75 Å². The number of nitrogens with zero attached hydrogens (tertiary/aromatic N) is 2. The normalized spacial score (nSPS) is 18.1. The van der Waals surface area contributed by atoms with Gasteiger partial charge >= 0.3 is 6.03 Å². The summed E-state index contributed by atoms with van der Waals surface area (Å²) < 4.78 is 34.0. The number of rotatable bonds is 8. The number of likely N-dealkylation sites (N-methyl/N-ethyl adjacent to an activating group) is 1. The van der Waals surface area contributed by atoms with Gasteiger partial charge in [-0.3, -0.25) is 4.79 Å². The topological polar surface area (TPSA) is 128 Å². The number of ether oxygens (including phenoxy) is 1. The molecule has 1 aliphatic heterocycles. The van der Waals surface area contributed by atoms with E-state index in [-0.39, 0.29) is 47.7 Å². The number of aliphatic hydroxyl groups excluding tert-OH is 1. The first-order chi connectivity index (χ1) is 19.5. The molecule has 1 aliphatic rings. The maximum absolute atomic E-state index is 13.7. The minimum absolute atomic E-state index is 0.000581. The summed E-state index contributed by atoms with van der Waals surface area (Å²) in [7, 11) is -2.38. The number of urea groups is 1. The molecule has 3 amide bonds. The first kappa shape index (κ1) is 30.3. The predicted molar refractivity (Wildman–Crippen MR) is 158 cm³/mol. The van der Waals surface area contributed by atoms with Crippen LogP contribution in [0.2, 0.25) is 5.02 Å². The summed E-state index contributed by atoms with van der Waals surface area (Å²) in [5.41, 5.74) is 1.15. The van der Waals surface area contributed by atoms with Gasteiger partial charge in [-0.1, -0.05) is 36.7 Å². The van der Waals surface area contributed by atoms with Crippen molar-refractivity contribution in [1.82, 2.24) is 9.21 Å². The lowest BCUT2D eigenvalue weighted by atomic mass is 9.99. The van der Waals surface area contributed by atoms with Crippen LogP contribution in [0.5, 0.6) is 5.75 Å². The van der Waals surface area contributed by atoms with Gasteiger partial charge in [0.25, 0.3) is 5.91 Å². The second-order valence-electron chi connectivity index (χ2n) is 10.0. The fraction of sp³-hybridized carbons (Fsp3) is 0.310. The number of fused-ring (bicyclic) bond motifs is 1. The average molecular weight is 601 g/mol. The molecule has 0 unspecified atom stereocenters. The van der Waals surface area contributed by atoms with Crippen LogP contribution < -0.4 is 15.4 Å². The van der Waals surface area contributed by atoms with E-state index in [4.69, 9.17) is 16.3 Å². The number of sulfonamides is 1. The van der Waals surface area contributed by atoms with Gasteiger partial charge in [-0.2, -0.15) is 4.31 Å².